The fraction of sp³-hybridized carbons (Fsp3) is 0.433. The lowest BCUT2D eigenvalue weighted by Crippen LogP contribution is -2.48. The van der Waals surface area contributed by atoms with E-state index >= 15 is 0 Å². The van der Waals surface area contributed by atoms with Gasteiger partial charge in [0.15, 0.2) is 0 Å². The quantitative estimate of drug-likeness (QED) is 0.445. The van der Waals surface area contributed by atoms with E-state index in [2.05, 4.69) is 72.2 Å². The van der Waals surface area contributed by atoms with Gasteiger partial charge in [0, 0.05) is 56.7 Å². The summed E-state index contributed by atoms with van der Waals surface area (Å²) in [5.74, 6) is 0. The van der Waals surface area contributed by atoms with Gasteiger partial charge in [0.1, 0.15) is 0 Å². The summed E-state index contributed by atoms with van der Waals surface area (Å²) in [4.78, 5) is 19.7. The van der Waals surface area contributed by atoms with Gasteiger partial charge in [0.2, 0.25) is 0 Å². The molecule has 0 bridgehead atoms. The summed E-state index contributed by atoms with van der Waals surface area (Å²) in [6.07, 6.45) is 6.36. The van der Waals surface area contributed by atoms with Crippen LogP contribution in [0.3, 0.4) is 0 Å². The molecule has 3 aromatic rings. The molecule has 0 aliphatic carbocycles. The fourth-order valence-electron chi connectivity index (χ4n) is 5.20. The van der Waals surface area contributed by atoms with Crippen LogP contribution in [-0.2, 0) is 17.8 Å². The number of aliphatic imine (C=N–C) groups is 1. The molecule has 0 N–H and O–H groups in total. The Labute approximate surface area is 214 Å². The predicted molar refractivity (Wildman–Crippen MR) is 148 cm³/mol. The van der Waals surface area contributed by atoms with Gasteiger partial charge in [-0.05, 0) is 68.6 Å². The standard InChI is InChI=1S/C30H37N5O/c1-22(2)35-16-14-34(15-17-35)13-5-7-23-19-29-28(32-20-23)10-9-27(33-29)26-11-12-31-30(26)25-8-4-6-24(18-25)21-36-3/h4,6,8-11,18-20,22H,5,7,12-17,21H2,1-3H3. The zero-order valence-corrected chi connectivity index (χ0v) is 21.8. The molecule has 0 saturated carbocycles. The van der Waals surface area contributed by atoms with E-state index in [9.17, 15) is 0 Å². The lowest BCUT2D eigenvalue weighted by atomic mass is 9.98. The molecule has 36 heavy (non-hydrogen) atoms. The minimum atomic E-state index is 0.594. The Morgan fingerprint density at radius 2 is 1.83 bits per heavy atom. The third-order valence-corrected chi connectivity index (χ3v) is 7.26. The van der Waals surface area contributed by atoms with Crippen molar-refractivity contribution >= 4 is 22.3 Å². The van der Waals surface area contributed by atoms with Crippen molar-refractivity contribution < 1.29 is 4.74 Å². The average Bonchev–Trinajstić information content (AvgIpc) is 3.39. The molecule has 6 nitrogen and oxygen atoms in total. The maximum absolute atomic E-state index is 5.31. The number of ether oxygens (including phenoxy) is 1. The fourth-order valence-corrected chi connectivity index (χ4v) is 5.20. The lowest BCUT2D eigenvalue weighted by Gasteiger charge is -2.36. The maximum Gasteiger partial charge on any atom is 0.0896 e. The number of pyridine rings is 2. The van der Waals surface area contributed by atoms with Crippen molar-refractivity contribution in [2.45, 2.75) is 39.3 Å². The minimum Gasteiger partial charge on any atom is -0.380 e. The van der Waals surface area contributed by atoms with E-state index in [-0.39, 0.29) is 0 Å². The number of methoxy groups -OCH3 is 1. The molecule has 5 rings (SSSR count). The van der Waals surface area contributed by atoms with Crippen LogP contribution in [0.25, 0.3) is 16.6 Å². The zero-order valence-electron chi connectivity index (χ0n) is 21.8. The van der Waals surface area contributed by atoms with E-state index in [1.807, 2.05) is 6.20 Å². The highest BCUT2D eigenvalue weighted by Crippen LogP contribution is 2.26. The molecular weight excluding hydrogens is 446 g/mol. The Hall–Kier alpha value is -2.93. The smallest absolute Gasteiger partial charge is 0.0896 e. The summed E-state index contributed by atoms with van der Waals surface area (Å²) in [6, 6.07) is 15.4. The van der Waals surface area contributed by atoms with E-state index < -0.39 is 0 Å². The first-order valence-corrected chi connectivity index (χ1v) is 13.2. The largest absolute Gasteiger partial charge is 0.380 e. The number of nitrogens with zero attached hydrogens (tertiary/aromatic N) is 5. The van der Waals surface area contributed by atoms with E-state index in [1.165, 1.54) is 31.7 Å². The summed E-state index contributed by atoms with van der Waals surface area (Å²) < 4.78 is 5.31. The van der Waals surface area contributed by atoms with Crippen LogP contribution >= 0.6 is 0 Å². The molecule has 4 heterocycles. The second kappa shape index (κ2) is 11.4. The Balaban J connectivity index is 1.26. The SMILES string of the molecule is COCc1cccc(C2=NCC=C2c2ccc3ncc(CCCN4CCN(C(C)C)CC4)cc3n2)c1. The number of aromatic nitrogens is 2. The molecular formula is C30H37N5O. The van der Waals surface area contributed by atoms with Crippen molar-refractivity contribution in [3.05, 3.63) is 77.1 Å². The van der Waals surface area contributed by atoms with Crippen LogP contribution in [0, 0.1) is 0 Å². The highest BCUT2D eigenvalue weighted by atomic mass is 16.5. The van der Waals surface area contributed by atoms with Crippen molar-refractivity contribution in [3.8, 4) is 0 Å². The molecule has 2 aliphatic heterocycles. The van der Waals surface area contributed by atoms with E-state index in [4.69, 9.17) is 19.7 Å². The topological polar surface area (TPSA) is 53.9 Å². The number of allylic oxidation sites excluding steroid dienone is 1. The van der Waals surface area contributed by atoms with Crippen molar-refractivity contribution in [3.63, 3.8) is 0 Å². The van der Waals surface area contributed by atoms with Crippen molar-refractivity contribution in [1.82, 2.24) is 19.8 Å². The van der Waals surface area contributed by atoms with Gasteiger partial charge in [0.05, 0.1) is 35.6 Å². The number of piperazine rings is 1. The van der Waals surface area contributed by atoms with Crippen LogP contribution in [0.5, 0.6) is 0 Å². The van der Waals surface area contributed by atoms with Gasteiger partial charge in [-0.15, -0.1) is 0 Å². The number of rotatable bonds is 9. The molecule has 1 fully saturated rings. The molecule has 0 atom stereocenters. The Bertz CT molecular complexity index is 1260. The summed E-state index contributed by atoms with van der Waals surface area (Å²) >= 11 is 0. The van der Waals surface area contributed by atoms with Crippen LogP contribution in [0.15, 0.2) is 59.7 Å². The monoisotopic (exact) mass is 483 g/mol. The van der Waals surface area contributed by atoms with Gasteiger partial charge in [0.25, 0.3) is 0 Å². The van der Waals surface area contributed by atoms with Crippen molar-refractivity contribution in [2.75, 3.05) is 46.4 Å². The van der Waals surface area contributed by atoms with Gasteiger partial charge in [-0.1, -0.05) is 24.3 Å². The number of fused-ring (bicyclic) bond motifs is 1. The molecule has 0 unspecified atom stereocenters. The molecule has 0 radical (unpaired) electrons. The molecule has 2 aromatic heterocycles. The summed E-state index contributed by atoms with van der Waals surface area (Å²) in [7, 11) is 1.72. The second-order valence-electron chi connectivity index (χ2n) is 10.1. The average molecular weight is 484 g/mol. The molecule has 0 spiro atoms. The lowest BCUT2D eigenvalue weighted by molar-refractivity contribution is 0.108. The number of hydrogen-bond donors (Lipinski definition) is 0. The van der Waals surface area contributed by atoms with E-state index in [1.54, 1.807) is 7.11 Å². The van der Waals surface area contributed by atoms with Crippen LogP contribution in [-0.4, -0.2) is 77.9 Å². The zero-order chi connectivity index (χ0) is 24.9. The summed E-state index contributed by atoms with van der Waals surface area (Å²) in [6.45, 7) is 11.7. The normalized spacial score (nSPS) is 17.1. The van der Waals surface area contributed by atoms with Gasteiger partial charge < -0.3 is 9.64 Å². The maximum atomic E-state index is 5.31. The Morgan fingerprint density at radius 3 is 2.64 bits per heavy atom. The van der Waals surface area contributed by atoms with Crippen molar-refractivity contribution in [2.24, 2.45) is 4.99 Å². The van der Waals surface area contributed by atoms with Gasteiger partial charge in [-0.2, -0.15) is 0 Å². The molecule has 188 valence electrons. The number of aryl methyl sites for hydroxylation is 1. The van der Waals surface area contributed by atoms with Gasteiger partial charge >= 0.3 is 0 Å². The third-order valence-electron chi connectivity index (χ3n) is 7.26. The highest BCUT2D eigenvalue weighted by Gasteiger charge is 2.19. The minimum absolute atomic E-state index is 0.594. The van der Waals surface area contributed by atoms with E-state index in [0.717, 1.165) is 58.5 Å². The van der Waals surface area contributed by atoms with Crippen molar-refractivity contribution in [1.29, 1.82) is 0 Å². The Morgan fingerprint density at radius 1 is 0.972 bits per heavy atom. The van der Waals surface area contributed by atoms with Crippen LogP contribution < -0.4 is 0 Å². The van der Waals surface area contributed by atoms with Crippen LogP contribution in [0.4, 0.5) is 0 Å². The van der Waals surface area contributed by atoms with Gasteiger partial charge in [-0.3, -0.25) is 14.9 Å². The molecule has 2 aliphatic rings. The first-order chi connectivity index (χ1) is 17.6. The summed E-state index contributed by atoms with van der Waals surface area (Å²) in [5, 5.41) is 0. The first-order valence-electron chi connectivity index (χ1n) is 13.2. The Kier molecular flexibility index (Phi) is 7.85. The molecule has 1 saturated heterocycles. The second-order valence-corrected chi connectivity index (χ2v) is 10.1. The number of hydrogen-bond acceptors (Lipinski definition) is 6. The first kappa shape index (κ1) is 24.8. The van der Waals surface area contributed by atoms with Crippen LogP contribution in [0.1, 0.15) is 42.7 Å². The third kappa shape index (κ3) is 5.72. The van der Waals surface area contributed by atoms with Crippen LogP contribution in [0.2, 0.25) is 0 Å². The van der Waals surface area contributed by atoms with Gasteiger partial charge in [-0.25, -0.2) is 4.98 Å². The van der Waals surface area contributed by atoms with E-state index in [0.29, 0.717) is 19.2 Å². The number of benzene rings is 1. The molecule has 6 heteroatoms. The molecule has 0 amide bonds. The summed E-state index contributed by atoms with van der Waals surface area (Å²) in [5.41, 5.74) is 8.45. The molecule has 1 aromatic carbocycles. The predicted octanol–water partition coefficient (Wildman–Crippen LogP) is 4.62. The highest BCUT2D eigenvalue weighted by molar-refractivity contribution is 6.32.